The quantitative estimate of drug-likeness (QED) is 0.539. The molecule has 0 amide bonds. The number of thiophene rings is 1. The van der Waals surface area contributed by atoms with Crippen molar-refractivity contribution >= 4 is 16.9 Å². The smallest absolute Gasteiger partial charge is 0.138 e. The highest BCUT2D eigenvalue weighted by Gasteiger charge is 2.21. The van der Waals surface area contributed by atoms with E-state index in [-0.39, 0.29) is 0 Å². The molecule has 0 unspecified atom stereocenters. The molecule has 26 heavy (non-hydrogen) atoms. The van der Waals surface area contributed by atoms with Crippen molar-refractivity contribution in [1.29, 1.82) is 0 Å². The van der Waals surface area contributed by atoms with Gasteiger partial charge >= 0.3 is 0 Å². The van der Waals surface area contributed by atoms with Gasteiger partial charge in [0.25, 0.3) is 0 Å². The van der Waals surface area contributed by atoms with Crippen LogP contribution in [0.5, 0.6) is 0 Å². The lowest BCUT2D eigenvalue weighted by Crippen LogP contribution is -2.04. The van der Waals surface area contributed by atoms with Gasteiger partial charge in [-0.2, -0.15) is 0 Å². The minimum atomic E-state index is 0.940. The normalized spacial score (nSPS) is 11.1. The Morgan fingerprint density at radius 2 is 1.77 bits per heavy atom. The molecule has 0 saturated carbocycles. The van der Waals surface area contributed by atoms with Crippen LogP contribution in [-0.4, -0.2) is 14.8 Å². The molecule has 0 aliphatic heterocycles. The molecule has 1 aromatic carbocycles. The van der Waals surface area contributed by atoms with Crippen molar-refractivity contribution in [3.63, 3.8) is 0 Å². The van der Waals surface area contributed by atoms with Gasteiger partial charge in [0.2, 0.25) is 0 Å². The van der Waals surface area contributed by atoms with Gasteiger partial charge < -0.3 is 0 Å². The van der Waals surface area contributed by atoms with Crippen molar-refractivity contribution in [1.82, 2.24) is 14.8 Å². The number of hydrogen-bond acceptors (Lipinski definition) is 3. The second kappa shape index (κ2) is 7.58. The highest BCUT2D eigenvalue weighted by Crippen LogP contribution is 2.38. The fourth-order valence-corrected chi connectivity index (χ4v) is 4.44. The molecule has 136 valence electrons. The summed E-state index contributed by atoms with van der Waals surface area (Å²) in [5, 5.41) is 10.00. The highest BCUT2D eigenvalue weighted by atomic mass is 32.1. The SMILES string of the molecule is C=C(c1ccc(C)cc1)c1c(-n2c(C)nnc2CCCC)sc(C)c1C. The Bertz CT molecular complexity index is 929. The number of unbranched alkanes of at least 4 members (excludes halogenated alkanes) is 1. The zero-order valence-electron chi connectivity index (χ0n) is 16.4. The first-order chi connectivity index (χ1) is 12.4. The topological polar surface area (TPSA) is 30.7 Å². The Labute approximate surface area is 160 Å². The van der Waals surface area contributed by atoms with Crippen LogP contribution in [0.2, 0.25) is 0 Å². The maximum Gasteiger partial charge on any atom is 0.138 e. The summed E-state index contributed by atoms with van der Waals surface area (Å²) in [6.45, 7) is 15.2. The number of rotatable bonds is 6. The molecule has 0 radical (unpaired) electrons. The van der Waals surface area contributed by atoms with Gasteiger partial charge in [-0.1, -0.05) is 49.8 Å². The van der Waals surface area contributed by atoms with Crippen LogP contribution in [0.15, 0.2) is 30.8 Å². The van der Waals surface area contributed by atoms with Gasteiger partial charge in [-0.3, -0.25) is 4.57 Å². The van der Waals surface area contributed by atoms with E-state index in [4.69, 9.17) is 0 Å². The molecule has 3 rings (SSSR count). The van der Waals surface area contributed by atoms with Gasteiger partial charge in [0.05, 0.1) is 0 Å². The first-order valence-corrected chi connectivity index (χ1v) is 10.0. The number of hydrogen-bond donors (Lipinski definition) is 0. The Hall–Kier alpha value is -2.20. The average Bonchev–Trinajstić information content (AvgIpc) is 3.12. The summed E-state index contributed by atoms with van der Waals surface area (Å²) in [5.74, 6) is 1.99. The Morgan fingerprint density at radius 1 is 1.08 bits per heavy atom. The molecular formula is C22H27N3S. The number of aryl methyl sites for hydroxylation is 4. The summed E-state index contributed by atoms with van der Waals surface area (Å²) in [7, 11) is 0. The summed E-state index contributed by atoms with van der Waals surface area (Å²) in [5.41, 5.74) is 6.01. The van der Waals surface area contributed by atoms with Crippen molar-refractivity contribution in [3.05, 3.63) is 69.6 Å². The van der Waals surface area contributed by atoms with E-state index >= 15 is 0 Å². The van der Waals surface area contributed by atoms with E-state index in [0.29, 0.717) is 0 Å². The third-order valence-electron chi connectivity index (χ3n) is 4.92. The molecule has 4 heteroatoms. The van der Waals surface area contributed by atoms with Crippen LogP contribution in [0.1, 0.15) is 58.5 Å². The first-order valence-electron chi connectivity index (χ1n) is 9.21. The molecule has 2 aromatic heterocycles. The number of nitrogens with zero attached hydrogens (tertiary/aromatic N) is 3. The Kier molecular flexibility index (Phi) is 5.42. The monoisotopic (exact) mass is 365 g/mol. The van der Waals surface area contributed by atoms with Crippen LogP contribution in [0.4, 0.5) is 0 Å². The second-order valence-corrected chi connectivity index (χ2v) is 8.11. The summed E-state index contributed by atoms with van der Waals surface area (Å²) in [4.78, 5) is 1.32. The van der Waals surface area contributed by atoms with Gasteiger partial charge in [-0.05, 0) is 50.8 Å². The summed E-state index contributed by atoms with van der Waals surface area (Å²) < 4.78 is 2.23. The van der Waals surface area contributed by atoms with Gasteiger partial charge in [0, 0.05) is 16.9 Å². The van der Waals surface area contributed by atoms with Crippen molar-refractivity contribution in [2.45, 2.75) is 53.9 Å². The molecule has 2 heterocycles. The zero-order chi connectivity index (χ0) is 18.8. The second-order valence-electron chi connectivity index (χ2n) is 6.91. The van der Waals surface area contributed by atoms with E-state index in [2.05, 4.69) is 73.3 Å². The lowest BCUT2D eigenvalue weighted by molar-refractivity contribution is 0.735. The van der Waals surface area contributed by atoms with Gasteiger partial charge in [-0.25, -0.2) is 0 Å². The molecule has 0 aliphatic rings. The molecule has 0 saturated heterocycles. The average molecular weight is 366 g/mol. The molecule has 0 spiro atoms. The van der Waals surface area contributed by atoms with Crippen LogP contribution < -0.4 is 0 Å². The highest BCUT2D eigenvalue weighted by molar-refractivity contribution is 7.15. The van der Waals surface area contributed by atoms with Crippen molar-refractivity contribution in [2.75, 3.05) is 0 Å². The van der Waals surface area contributed by atoms with Crippen LogP contribution in [0.3, 0.4) is 0 Å². The fourth-order valence-electron chi connectivity index (χ4n) is 3.19. The van der Waals surface area contributed by atoms with Crippen LogP contribution in [0, 0.1) is 27.7 Å². The molecular weight excluding hydrogens is 338 g/mol. The molecule has 0 aliphatic carbocycles. The van der Waals surface area contributed by atoms with E-state index in [1.807, 2.05) is 18.3 Å². The molecule has 3 nitrogen and oxygen atoms in total. The third kappa shape index (κ3) is 3.38. The van der Waals surface area contributed by atoms with E-state index in [0.717, 1.165) is 36.5 Å². The largest absolute Gasteiger partial charge is 0.273 e. The van der Waals surface area contributed by atoms with E-state index in [1.165, 1.54) is 32.1 Å². The molecule has 0 bridgehead atoms. The van der Waals surface area contributed by atoms with Crippen LogP contribution in [0.25, 0.3) is 10.6 Å². The van der Waals surface area contributed by atoms with E-state index in [9.17, 15) is 0 Å². The lowest BCUT2D eigenvalue weighted by atomic mass is 9.96. The van der Waals surface area contributed by atoms with Crippen molar-refractivity contribution in [2.24, 2.45) is 0 Å². The number of aromatic nitrogens is 3. The minimum absolute atomic E-state index is 0.940. The van der Waals surface area contributed by atoms with Gasteiger partial charge in [-0.15, -0.1) is 21.5 Å². The first kappa shape index (κ1) is 18.6. The summed E-state index contributed by atoms with van der Waals surface area (Å²) in [6, 6.07) is 8.60. The minimum Gasteiger partial charge on any atom is -0.273 e. The number of benzene rings is 1. The predicted octanol–water partition coefficient (Wildman–Crippen LogP) is 5.97. The third-order valence-corrected chi connectivity index (χ3v) is 6.11. The van der Waals surface area contributed by atoms with Gasteiger partial charge in [0.1, 0.15) is 16.6 Å². The van der Waals surface area contributed by atoms with Gasteiger partial charge in [0.15, 0.2) is 0 Å². The fraction of sp³-hybridized carbons (Fsp3) is 0.364. The molecule has 0 fully saturated rings. The van der Waals surface area contributed by atoms with E-state index < -0.39 is 0 Å². The van der Waals surface area contributed by atoms with E-state index in [1.54, 1.807) is 0 Å². The zero-order valence-corrected chi connectivity index (χ0v) is 17.2. The summed E-state index contributed by atoms with van der Waals surface area (Å²) in [6.07, 6.45) is 3.22. The van der Waals surface area contributed by atoms with Crippen molar-refractivity contribution in [3.8, 4) is 5.00 Å². The Balaban J connectivity index is 2.13. The summed E-state index contributed by atoms with van der Waals surface area (Å²) >= 11 is 1.81. The molecule has 0 atom stereocenters. The maximum atomic E-state index is 4.44. The maximum absolute atomic E-state index is 4.44. The molecule has 0 N–H and O–H groups in total. The Morgan fingerprint density at radius 3 is 2.42 bits per heavy atom. The van der Waals surface area contributed by atoms with Crippen molar-refractivity contribution < 1.29 is 0 Å². The van der Waals surface area contributed by atoms with Crippen LogP contribution >= 0.6 is 11.3 Å². The van der Waals surface area contributed by atoms with Crippen LogP contribution in [-0.2, 0) is 6.42 Å². The molecule has 3 aromatic rings. The standard InChI is InChI=1S/C22H27N3S/c1-7-8-9-20-24-23-18(6)25(20)22-21(15(3)17(5)26-22)16(4)19-12-10-14(2)11-13-19/h10-13H,4,7-9H2,1-3,5-6H3. The lowest BCUT2D eigenvalue weighted by Gasteiger charge is -2.13. The predicted molar refractivity (Wildman–Crippen MR) is 111 cm³/mol.